The average molecular weight is 237 g/mol. The van der Waals surface area contributed by atoms with E-state index < -0.39 is 17.5 Å². The molecule has 0 atom stereocenters. The fourth-order valence-electron chi connectivity index (χ4n) is 1.40. The number of ether oxygens (including phenoxy) is 2. The van der Waals surface area contributed by atoms with Gasteiger partial charge in [0.15, 0.2) is 0 Å². The molecule has 5 heteroatoms. The summed E-state index contributed by atoms with van der Waals surface area (Å²) in [5.41, 5.74) is -0.920. The van der Waals surface area contributed by atoms with Gasteiger partial charge in [0.05, 0.1) is 14.2 Å². The van der Waals surface area contributed by atoms with Gasteiger partial charge >= 0.3 is 11.9 Å². The summed E-state index contributed by atoms with van der Waals surface area (Å²) >= 11 is 0. The molecule has 0 amide bonds. The largest absolute Gasteiger partial charge is 0.467 e. The number of hydrogen-bond acceptors (Lipinski definition) is 5. The van der Waals surface area contributed by atoms with Crippen LogP contribution < -0.4 is 5.32 Å². The number of carbonyl (C=O) groups is 2. The van der Waals surface area contributed by atoms with Crippen LogP contribution in [0.3, 0.4) is 0 Å². The highest BCUT2D eigenvalue weighted by Gasteiger charge is 2.43. The molecule has 0 aliphatic rings. The Morgan fingerprint density at radius 3 is 1.94 bits per heavy atom. The molecule has 1 aromatic carbocycles. The predicted molar refractivity (Wildman–Crippen MR) is 62.5 cm³/mol. The minimum Gasteiger partial charge on any atom is -0.467 e. The van der Waals surface area contributed by atoms with E-state index in [1.807, 2.05) is 6.07 Å². The summed E-state index contributed by atoms with van der Waals surface area (Å²) in [6, 6.07) is 8.89. The standard InChI is InChI=1S/C12H15NO4/c1-12(10(14)16-2,11(15)17-3)13-9-7-5-4-6-8-9/h4-8,13H,1-3H3. The molecule has 1 N–H and O–H groups in total. The Kier molecular flexibility index (Phi) is 4.09. The van der Waals surface area contributed by atoms with Crippen molar-refractivity contribution in [2.45, 2.75) is 12.5 Å². The third-order valence-corrected chi connectivity index (χ3v) is 2.36. The fourth-order valence-corrected chi connectivity index (χ4v) is 1.40. The van der Waals surface area contributed by atoms with Crippen LogP contribution in [0.25, 0.3) is 0 Å². The lowest BCUT2D eigenvalue weighted by molar-refractivity contribution is -0.158. The number of benzene rings is 1. The monoisotopic (exact) mass is 237 g/mol. The van der Waals surface area contributed by atoms with Crippen molar-refractivity contribution in [2.24, 2.45) is 0 Å². The van der Waals surface area contributed by atoms with Crippen LogP contribution >= 0.6 is 0 Å². The van der Waals surface area contributed by atoms with E-state index in [9.17, 15) is 9.59 Å². The smallest absolute Gasteiger partial charge is 0.343 e. The number of nitrogens with one attached hydrogen (secondary N) is 1. The molecule has 0 radical (unpaired) electrons. The van der Waals surface area contributed by atoms with Gasteiger partial charge in [0, 0.05) is 5.69 Å². The lowest BCUT2D eigenvalue weighted by Gasteiger charge is -2.25. The van der Waals surface area contributed by atoms with E-state index in [2.05, 4.69) is 14.8 Å². The normalized spacial score (nSPS) is 10.5. The van der Waals surface area contributed by atoms with Crippen LogP contribution in [0.15, 0.2) is 30.3 Å². The molecule has 5 nitrogen and oxygen atoms in total. The van der Waals surface area contributed by atoms with E-state index in [1.165, 1.54) is 21.1 Å². The second-order valence-corrected chi connectivity index (χ2v) is 3.60. The van der Waals surface area contributed by atoms with Crippen molar-refractivity contribution >= 4 is 17.6 Å². The molecular weight excluding hydrogens is 222 g/mol. The number of hydrogen-bond donors (Lipinski definition) is 1. The van der Waals surface area contributed by atoms with E-state index >= 15 is 0 Å². The van der Waals surface area contributed by atoms with Crippen molar-refractivity contribution in [2.75, 3.05) is 19.5 Å². The minimum atomic E-state index is -1.55. The molecule has 17 heavy (non-hydrogen) atoms. The molecule has 0 bridgehead atoms. The third-order valence-electron chi connectivity index (χ3n) is 2.36. The van der Waals surface area contributed by atoms with Crippen LogP contribution in [0.1, 0.15) is 6.92 Å². The Labute approximate surface area is 99.7 Å². The van der Waals surface area contributed by atoms with Gasteiger partial charge in [0.1, 0.15) is 0 Å². The maximum atomic E-state index is 11.7. The zero-order valence-electron chi connectivity index (χ0n) is 10.0. The molecule has 0 fully saturated rings. The number of carbonyl (C=O) groups excluding carboxylic acids is 2. The fraction of sp³-hybridized carbons (Fsp3) is 0.333. The molecule has 1 aromatic rings. The Morgan fingerprint density at radius 1 is 1.06 bits per heavy atom. The number of para-hydroxylation sites is 1. The van der Waals surface area contributed by atoms with Crippen molar-refractivity contribution in [3.05, 3.63) is 30.3 Å². The highest BCUT2D eigenvalue weighted by atomic mass is 16.5. The van der Waals surface area contributed by atoms with Crippen molar-refractivity contribution in [1.29, 1.82) is 0 Å². The Balaban J connectivity index is 3.00. The molecule has 0 saturated heterocycles. The van der Waals surface area contributed by atoms with Gasteiger partial charge in [-0.15, -0.1) is 0 Å². The first-order valence-corrected chi connectivity index (χ1v) is 5.04. The molecule has 0 aliphatic heterocycles. The van der Waals surface area contributed by atoms with E-state index in [4.69, 9.17) is 0 Å². The summed E-state index contributed by atoms with van der Waals surface area (Å²) in [4.78, 5) is 23.3. The van der Waals surface area contributed by atoms with Crippen LogP contribution in [-0.4, -0.2) is 31.7 Å². The topological polar surface area (TPSA) is 64.6 Å². The molecule has 0 heterocycles. The number of rotatable bonds is 4. The second kappa shape index (κ2) is 5.34. The quantitative estimate of drug-likeness (QED) is 0.629. The highest BCUT2D eigenvalue weighted by molar-refractivity contribution is 6.07. The summed E-state index contributed by atoms with van der Waals surface area (Å²) in [5.74, 6) is -1.40. The Bertz CT molecular complexity index is 386. The van der Waals surface area contributed by atoms with Gasteiger partial charge in [0.2, 0.25) is 5.54 Å². The van der Waals surface area contributed by atoms with E-state index in [-0.39, 0.29) is 0 Å². The summed E-state index contributed by atoms with van der Waals surface area (Å²) in [7, 11) is 2.44. The lowest BCUT2D eigenvalue weighted by Crippen LogP contribution is -2.52. The first-order chi connectivity index (χ1) is 8.04. The van der Waals surface area contributed by atoms with Crippen LogP contribution in [0.2, 0.25) is 0 Å². The van der Waals surface area contributed by atoms with Gasteiger partial charge in [-0.2, -0.15) is 0 Å². The van der Waals surface area contributed by atoms with Crippen LogP contribution in [-0.2, 0) is 19.1 Å². The first-order valence-electron chi connectivity index (χ1n) is 5.04. The van der Waals surface area contributed by atoms with Crippen LogP contribution in [0, 0.1) is 0 Å². The van der Waals surface area contributed by atoms with Crippen molar-refractivity contribution in [3.63, 3.8) is 0 Å². The SMILES string of the molecule is COC(=O)C(C)(Nc1ccccc1)C(=O)OC. The number of methoxy groups -OCH3 is 2. The molecular formula is C12H15NO4. The van der Waals surface area contributed by atoms with E-state index in [1.54, 1.807) is 24.3 Å². The van der Waals surface area contributed by atoms with Crippen molar-refractivity contribution in [1.82, 2.24) is 0 Å². The molecule has 0 aromatic heterocycles. The highest BCUT2D eigenvalue weighted by Crippen LogP contribution is 2.17. The summed E-state index contributed by atoms with van der Waals surface area (Å²) < 4.78 is 9.22. The lowest BCUT2D eigenvalue weighted by atomic mass is 10.0. The Hall–Kier alpha value is -2.04. The van der Waals surface area contributed by atoms with Crippen LogP contribution in [0.5, 0.6) is 0 Å². The molecule has 92 valence electrons. The Morgan fingerprint density at radius 2 is 1.53 bits per heavy atom. The van der Waals surface area contributed by atoms with Gasteiger partial charge in [-0.1, -0.05) is 18.2 Å². The first kappa shape index (κ1) is 13.0. The average Bonchev–Trinajstić information content (AvgIpc) is 2.37. The van der Waals surface area contributed by atoms with E-state index in [0.717, 1.165) is 0 Å². The molecule has 0 saturated carbocycles. The van der Waals surface area contributed by atoms with Gasteiger partial charge in [-0.3, -0.25) is 0 Å². The summed E-state index contributed by atoms with van der Waals surface area (Å²) in [6.07, 6.45) is 0. The van der Waals surface area contributed by atoms with Gasteiger partial charge in [-0.05, 0) is 19.1 Å². The molecule has 0 spiro atoms. The second-order valence-electron chi connectivity index (χ2n) is 3.60. The zero-order valence-corrected chi connectivity index (χ0v) is 10.0. The molecule has 1 rings (SSSR count). The maximum absolute atomic E-state index is 11.7. The maximum Gasteiger partial charge on any atom is 0.343 e. The summed E-state index contributed by atoms with van der Waals surface area (Å²) in [5, 5.41) is 2.81. The van der Waals surface area contributed by atoms with E-state index in [0.29, 0.717) is 5.69 Å². The van der Waals surface area contributed by atoms with Crippen molar-refractivity contribution in [3.8, 4) is 0 Å². The third kappa shape index (κ3) is 2.75. The van der Waals surface area contributed by atoms with Gasteiger partial charge in [0.25, 0.3) is 0 Å². The summed E-state index contributed by atoms with van der Waals surface area (Å²) in [6.45, 7) is 1.41. The van der Waals surface area contributed by atoms with Gasteiger partial charge < -0.3 is 14.8 Å². The van der Waals surface area contributed by atoms with Crippen molar-refractivity contribution < 1.29 is 19.1 Å². The minimum absolute atomic E-state index is 0.630. The molecule has 0 unspecified atom stereocenters. The zero-order chi connectivity index (χ0) is 12.9. The number of esters is 2. The predicted octanol–water partition coefficient (Wildman–Crippen LogP) is 1.20. The van der Waals surface area contributed by atoms with Gasteiger partial charge in [-0.25, -0.2) is 9.59 Å². The molecule has 0 aliphatic carbocycles. The number of anilines is 1. The van der Waals surface area contributed by atoms with Crippen LogP contribution in [0.4, 0.5) is 5.69 Å².